The van der Waals surface area contributed by atoms with Crippen LogP contribution >= 0.6 is 31.0 Å². The summed E-state index contributed by atoms with van der Waals surface area (Å²) in [5.74, 6) is 0. The van der Waals surface area contributed by atoms with Gasteiger partial charge >= 0.3 is 13.8 Å². The maximum absolute atomic E-state index is 12.8. The van der Waals surface area contributed by atoms with Gasteiger partial charge < -0.3 is 14.4 Å². The Hall–Kier alpha value is -1.58. The van der Waals surface area contributed by atoms with Gasteiger partial charge in [-0.2, -0.15) is 13.2 Å². The molecule has 0 saturated heterocycles. The molecule has 0 fully saturated rings. The Morgan fingerprint density at radius 1 is 1.25 bits per heavy atom. The standard InChI is InChI=1S/C16H14ClF3N3O3PS/c17-11-8-10(16(18,19)20)9-21-14(11)28-15-22-12-4-1-2-5-13(12)23(15)6-3-7-27(24,25)26/h1-2,4-5,8-9H,3,6-7H2,(H2,24,25,26). The zero-order chi connectivity index (χ0) is 20.5. The van der Waals surface area contributed by atoms with Gasteiger partial charge in [0.1, 0.15) is 5.03 Å². The summed E-state index contributed by atoms with van der Waals surface area (Å²) in [6.07, 6.45) is -3.93. The van der Waals surface area contributed by atoms with Gasteiger partial charge in [0.05, 0.1) is 27.8 Å². The zero-order valence-corrected chi connectivity index (χ0v) is 16.6. The van der Waals surface area contributed by atoms with E-state index in [4.69, 9.17) is 21.4 Å². The Morgan fingerprint density at radius 3 is 2.61 bits per heavy atom. The highest BCUT2D eigenvalue weighted by molar-refractivity contribution is 7.99. The summed E-state index contributed by atoms with van der Waals surface area (Å²) in [6, 6.07) is 7.94. The molecule has 0 spiro atoms. The van der Waals surface area contributed by atoms with Crippen LogP contribution in [0.3, 0.4) is 0 Å². The van der Waals surface area contributed by atoms with Crippen LogP contribution in [-0.4, -0.2) is 30.5 Å². The number of benzene rings is 1. The van der Waals surface area contributed by atoms with Gasteiger partial charge in [-0.1, -0.05) is 23.7 Å². The second kappa shape index (κ2) is 8.04. The van der Waals surface area contributed by atoms with Crippen molar-refractivity contribution in [2.45, 2.75) is 29.3 Å². The van der Waals surface area contributed by atoms with Crippen LogP contribution in [0.1, 0.15) is 12.0 Å². The fraction of sp³-hybridized carbons (Fsp3) is 0.250. The first-order valence-electron chi connectivity index (χ1n) is 7.95. The number of fused-ring (bicyclic) bond motifs is 1. The second-order valence-electron chi connectivity index (χ2n) is 5.89. The minimum Gasteiger partial charge on any atom is -0.324 e. The molecule has 2 N–H and O–H groups in total. The van der Waals surface area contributed by atoms with E-state index in [1.165, 1.54) is 0 Å². The normalized spacial score (nSPS) is 12.6. The van der Waals surface area contributed by atoms with Crippen LogP contribution in [0.5, 0.6) is 0 Å². The van der Waals surface area contributed by atoms with Crippen molar-refractivity contribution >= 4 is 42.0 Å². The summed E-state index contributed by atoms with van der Waals surface area (Å²) in [6.45, 7) is 0.270. The van der Waals surface area contributed by atoms with Crippen molar-refractivity contribution in [1.82, 2.24) is 14.5 Å². The van der Waals surface area contributed by atoms with E-state index < -0.39 is 19.3 Å². The first-order valence-corrected chi connectivity index (χ1v) is 10.9. The molecular formula is C16H14ClF3N3O3PS. The highest BCUT2D eigenvalue weighted by atomic mass is 35.5. The Balaban J connectivity index is 1.92. The smallest absolute Gasteiger partial charge is 0.324 e. The maximum atomic E-state index is 12.8. The summed E-state index contributed by atoms with van der Waals surface area (Å²) in [5.41, 5.74) is 0.431. The second-order valence-corrected chi connectivity index (χ2v) is 9.03. The molecule has 0 aliphatic carbocycles. The van der Waals surface area contributed by atoms with Gasteiger partial charge in [-0.3, -0.25) is 4.57 Å². The molecule has 150 valence electrons. The third kappa shape index (κ3) is 5.07. The van der Waals surface area contributed by atoms with Gasteiger partial charge in [0, 0.05) is 12.7 Å². The average Bonchev–Trinajstić information content (AvgIpc) is 2.92. The number of para-hydroxylation sites is 2. The first-order chi connectivity index (χ1) is 13.0. The minimum atomic E-state index is -4.55. The molecule has 1 aromatic carbocycles. The number of aromatic nitrogens is 3. The van der Waals surface area contributed by atoms with Crippen LogP contribution in [0.15, 0.2) is 46.7 Å². The number of hydrogen-bond acceptors (Lipinski definition) is 4. The lowest BCUT2D eigenvalue weighted by Gasteiger charge is -2.11. The van der Waals surface area contributed by atoms with Crippen molar-refractivity contribution in [3.63, 3.8) is 0 Å². The minimum absolute atomic E-state index is 0.154. The molecule has 0 bridgehead atoms. The van der Waals surface area contributed by atoms with E-state index in [1.54, 1.807) is 28.8 Å². The third-order valence-corrected chi connectivity index (χ3v) is 6.09. The van der Waals surface area contributed by atoms with E-state index in [9.17, 15) is 17.7 Å². The lowest BCUT2D eigenvalue weighted by molar-refractivity contribution is -0.137. The number of imidazole rings is 1. The molecule has 3 aromatic rings. The first kappa shape index (κ1) is 21.1. The van der Waals surface area contributed by atoms with Gasteiger partial charge in [-0.25, -0.2) is 9.97 Å². The van der Waals surface area contributed by atoms with Crippen LogP contribution < -0.4 is 0 Å². The van der Waals surface area contributed by atoms with E-state index >= 15 is 0 Å². The highest BCUT2D eigenvalue weighted by Crippen LogP contribution is 2.38. The lowest BCUT2D eigenvalue weighted by atomic mass is 10.3. The van der Waals surface area contributed by atoms with E-state index in [1.807, 2.05) is 0 Å². The fourth-order valence-corrected chi connectivity index (χ4v) is 4.24. The van der Waals surface area contributed by atoms with E-state index in [0.717, 1.165) is 23.3 Å². The topological polar surface area (TPSA) is 88.2 Å². The third-order valence-electron chi connectivity index (χ3n) is 3.77. The van der Waals surface area contributed by atoms with Crippen LogP contribution in [0, 0.1) is 0 Å². The predicted octanol–water partition coefficient (Wildman–Crippen LogP) is 4.82. The number of hydrogen-bond donors (Lipinski definition) is 2. The van der Waals surface area contributed by atoms with Crippen molar-refractivity contribution in [2.75, 3.05) is 6.16 Å². The van der Waals surface area contributed by atoms with Gasteiger partial charge in [-0.05, 0) is 36.4 Å². The zero-order valence-electron chi connectivity index (χ0n) is 14.1. The summed E-state index contributed by atoms with van der Waals surface area (Å²) in [5, 5.41) is 0.413. The molecule has 0 atom stereocenters. The van der Waals surface area contributed by atoms with Crippen molar-refractivity contribution in [2.24, 2.45) is 0 Å². The number of aryl methyl sites for hydroxylation is 1. The van der Waals surface area contributed by atoms with Gasteiger partial charge in [0.15, 0.2) is 5.16 Å². The van der Waals surface area contributed by atoms with E-state index in [0.29, 0.717) is 16.9 Å². The van der Waals surface area contributed by atoms with Crippen molar-refractivity contribution in [3.05, 3.63) is 47.1 Å². The summed E-state index contributed by atoms with van der Waals surface area (Å²) < 4.78 is 51.2. The number of alkyl halides is 3. The quantitative estimate of drug-likeness (QED) is 0.522. The van der Waals surface area contributed by atoms with Gasteiger partial charge in [0.25, 0.3) is 0 Å². The van der Waals surface area contributed by atoms with Crippen LogP contribution in [-0.2, 0) is 17.3 Å². The molecule has 0 aliphatic rings. The molecule has 2 aromatic heterocycles. The lowest BCUT2D eigenvalue weighted by Crippen LogP contribution is -2.06. The number of rotatable bonds is 6. The molecule has 0 radical (unpaired) electrons. The number of nitrogens with zero attached hydrogens (tertiary/aromatic N) is 3. The number of halogens is 4. The van der Waals surface area contributed by atoms with E-state index in [-0.39, 0.29) is 29.2 Å². The highest BCUT2D eigenvalue weighted by Gasteiger charge is 2.31. The average molecular weight is 452 g/mol. The Kier molecular flexibility index (Phi) is 6.07. The SMILES string of the molecule is O=P(O)(O)CCCn1c(Sc2ncc(C(F)(F)F)cc2Cl)nc2ccccc21. The molecule has 28 heavy (non-hydrogen) atoms. The molecule has 0 amide bonds. The van der Waals surface area contributed by atoms with E-state index in [2.05, 4.69) is 9.97 Å². The maximum Gasteiger partial charge on any atom is 0.417 e. The fourth-order valence-electron chi connectivity index (χ4n) is 2.52. The monoisotopic (exact) mass is 451 g/mol. The Labute approximate surface area is 166 Å². The van der Waals surface area contributed by atoms with Gasteiger partial charge in [0.2, 0.25) is 0 Å². The van der Waals surface area contributed by atoms with Crippen LogP contribution in [0.4, 0.5) is 13.2 Å². The molecule has 0 unspecified atom stereocenters. The summed E-state index contributed by atoms with van der Waals surface area (Å²) >= 11 is 6.97. The van der Waals surface area contributed by atoms with Crippen LogP contribution in [0.25, 0.3) is 11.0 Å². The molecule has 6 nitrogen and oxygen atoms in total. The molecule has 0 saturated carbocycles. The van der Waals surface area contributed by atoms with Gasteiger partial charge in [-0.15, -0.1) is 0 Å². The molecular weight excluding hydrogens is 438 g/mol. The Bertz CT molecular complexity index is 1050. The molecule has 12 heteroatoms. The van der Waals surface area contributed by atoms with Crippen LogP contribution in [0.2, 0.25) is 5.02 Å². The predicted molar refractivity (Wildman–Crippen MR) is 99.6 cm³/mol. The van der Waals surface area contributed by atoms with Crippen molar-refractivity contribution < 1.29 is 27.5 Å². The number of pyridine rings is 1. The molecule has 0 aliphatic heterocycles. The molecule has 3 rings (SSSR count). The molecule has 2 heterocycles. The largest absolute Gasteiger partial charge is 0.417 e. The van der Waals surface area contributed by atoms with Crippen molar-refractivity contribution in [1.29, 1.82) is 0 Å². The van der Waals surface area contributed by atoms with Crippen molar-refractivity contribution in [3.8, 4) is 0 Å². The summed E-state index contributed by atoms with van der Waals surface area (Å²) in [7, 11) is -4.14. The Morgan fingerprint density at radius 2 is 1.96 bits per heavy atom. The summed E-state index contributed by atoms with van der Waals surface area (Å²) in [4.78, 5) is 26.4.